The highest BCUT2D eigenvalue weighted by molar-refractivity contribution is 5.85. The fourth-order valence-electron chi connectivity index (χ4n) is 1.97. The molecule has 0 heterocycles. The first-order chi connectivity index (χ1) is 9.66. The van der Waals surface area contributed by atoms with Crippen molar-refractivity contribution in [2.75, 3.05) is 0 Å². The molecule has 2 rings (SSSR count). The topological polar surface area (TPSA) is 35.2 Å². The zero-order valence-corrected chi connectivity index (χ0v) is 12.2. The third-order valence-electron chi connectivity index (χ3n) is 2.99. The molecule has 2 aromatic rings. The van der Waals surface area contributed by atoms with Crippen molar-refractivity contribution in [2.24, 2.45) is 5.73 Å². The molecule has 0 radical (unpaired) electrons. The summed E-state index contributed by atoms with van der Waals surface area (Å²) < 4.78 is 30.6. The largest absolute Gasteiger partial charge is 0.489 e. The molecule has 0 aromatic heterocycles. The maximum atomic E-state index is 12.4. The summed E-state index contributed by atoms with van der Waals surface area (Å²) >= 11 is 0. The quantitative estimate of drug-likeness (QED) is 0.861. The van der Waals surface area contributed by atoms with Gasteiger partial charge >= 0.3 is 0 Å². The highest BCUT2D eigenvalue weighted by Gasteiger charge is 2.16. The molecule has 0 aliphatic rings. The predicted octanol–water partition coefficient (Wildman–Crippen LogP) is 4.34. The maximum Gasteiger partial charge on any atom is 0.240 e. The molecule has 0 bridgehead atoms. The summed E-state index contributed by atoms with van der Waals surface area (Å²) in [6.45, 7) is 0.388. The van der Waals surface area contributed by atoms with Crippen molar-refractivity contribution in [3.63, 3.8) is 0 Å². The molecule has 114 valence electrons. The van der Waals surface area contributed by atoms with Gasteiger partial charge in [-0.15, -0.1) is 12.4 Å². The van der Waals surface area contributed by atoms with Crippen molar-refractivity contribution in [3.05, 3.63) is 65.7 Å². The van der Waals surface area contributed by atoms with Crippen molar-refractivity contribution in [2.45, 2.75) is 25.5 Å². The number of alkyl halides is 2. The van der Waals surface area contributed by atoms with E-state index in [9.17, 15) is 8.78 Å². The van der Waals surface area contributed by atoms with Gasteiger partial charge in [-0.2, -0.15) is 0 Å². The number of benzene rings is 2. The van der Waals surface area contributed by atoms with E-state index in [2.05, 4.69) is 0 Å². The Morgan fingerprint density at radius 3 is 2.24 bits per heavy atom. The van der Waals surface area contributed by atoms with E-state index in [1.807, 2.05) is 30.3 Å². The molecule has 0 fully saturated rings. The molecule has 1 atom stereocenters. The zero-order valence-electron chi connectivity index (χ0n) is 11.4. The van der Waals surface area contributed by atoms with Crippen molar-refractivity contribution >= 4 is 12.4 Å². The summed E-state index contributed by atoms with van der Waals surface area (Å²) in [5.41, 5.74) is 7.44. The second kappa shape index (κ2) is 8.60. The molecular weight excluding hydrogens is 296 g/mol. The van der Waals surface area contributed by atoms with Crippen LogP contribution in [0.2, 0.25) is 0 Å². The van der Waals surface area contributed by atoms with Crippen LogP contribution in [0.25, 0.3) is 0 Å². The van der Waals surface area contributed by atoms with E-state index in [1.54, 1.807) is 24.3 Å². The van der Waals surface area contributed by atoms with Crippen LogP contribution in [-0.2, 0) is 6.61 Å². The molecule has 0 saturated carbocycles. The molecule has 0 aliphatic carbocycles. The summed E-state index contributed by atoms with van der Waals surface area (Å²) in [5, 5.41) is 0. The Bertz CT molecular complexity index is 537. The SMILES string of the molecule is Cl.N[C@H](CC(F)F)c1ccccc1OCc1ccccc1. The van der Waals surface area contributed by atoms with E-state index in [1.165, 1.54) is 0 Å². The second-order valence-corrected chi connectivity index (χ2v) is 4.55. The monoisotopic (exact) mass is 313 g/mol. The molecular formula is C16H18ClF2NO. The molecule has 2 aromatic carbocycles. The van der Waals surface area contributed by atoms with Gasteiger partial charge in [0.25, 0.3) is 0 Å². The number of hydrogen-bond donors (Lipinski definition) is 1. The normalized spacial score (nSPS) is 11.8. The van der Waals surface area contributed by atoms with Crippen molar-refractivity contribution in [1.82, 2.24) is 0 Å². The van der Waals surface area contributed by atoms with Gasteiger partial charge in [-0.1, -0.05) is 48.5 Å². The Morgan fingerprint density at radius 2 is 1.57 bits per heavy atom. The van der Waals surface area contributed by atoms with E-state index in [0.717, 1.165) is 5.56 Å². The summed E-state index contributed by atoms with van der Waals surface area (Å²) in [4.78, 5) is 0. The van der Waals surface area contributed by atoms with Crippen LogP contribution in [0.15, 0.2) is 54.6 Å². The Hall–Kier alpha value is -1.65. The van der Waals surface area contributed by atoms with Crippen LogP contribution in [0.1, 0.15) is 23.6 Å². The second-order valence-electron chi connectivity index (χ2n) is 4.55. The lowest BCUT2D eigenvalue weighted by atomic mass is 10.0. The van der Waals surface area contributed by atoms with E-state index < -0.39 is 12.5 Å². The third kappa shape index (κ3) is 5.33. The van der Waals surface area contributed by atoms with Crippen LogP contribution in [-0.4, -0.2) is 6.43 Å². The fraction of sp³-hybridized carbons (Fsp3) is 0.250. The number of halogens is 3. The number of nitrogens with two attached hydrogens (primary N) is 1. The third-order valence-corrected chi connectivity index (χ3v) is 2.99. The molecule has 2 nitrogen and oxygen atoms in total. The van der Waals surface area contributed by atoms with Gasteiger partial charge in [0, 0.05) is 18.0 Å². The summed E-state index contributed by atoms with van der Waals surface area (Å²) in [6, 6.07) is 16.0. The lowest BCUT2D eigenvalue weighted by molar-refractivity contribution is 0.128. The van der Waals surface area contributed by atoms with Crippen LogP contribution in [0, 0.1) is 0 Å². The van der Waals surface area contributed by atoms with Gasteiger partial charge in [0.1, 0.15) is 12.4 Å². The molecule has 0 unspecified atom stereocenters. The number of para-hydroxylation sites is 1. The van der Waals surface area contributed by atoms with E-state index in [4.69, 9.17) is 10.5 Å². The highest BCUT2D eigenvalue weighted by Crippen LogP contribution is 2.27. The van der Waals surface area contributed by atoms with Gasteiger partial charge in [0.2, 0.25) is 6.43 Å². The smallest absolute Gasteiger partial charge is 0.240 e. The minimum atomic E-state index is -2.42. The average Bonchev–Trinajstić information content (AvgIpc) is 2.46. The van der Waals surface area contributed by atoms with E-state index in [0.29, 0.717) is 17.9 Å². The van der Waals surface area contributed by atoms with Crippen molar-refractivity contribution in [3.8, 4) is 5.75 Å². The zero-order chi connectivity index (χ0) is 14.4. The summed E-state index contributed by atoms with van der Waals surface area (Å²) in [6.07, 6.45) is -2.79. The van der Waals surface area contributed by atoms with Crippen LogP contribution < -0.4 is 10.5 Å². The molecule has 0 saturated heterocycles. The lowest BCUT2D eigenvalue weighted by Gasteiger charge is -2.16. The van der Waals surface area contributed by atoms with Crippen molar-refractivity contribution < 1.29 is 13.5 Å². The van der Waals surface area contributed by atoms with Crippen molar-refractivity contribution in [1.29, 1.82) is 0 Å². The van der Waals surface area contributed by atoms with Crippen LogP contribution >= 0.6 is 12.4 Å². The Morgan fingerprint density at radius 1 is 0.952 bits per heavy atom. The van der Waals surface area contributed by atoms with Gasteiger partial charge in [-0.25, -0.2) is 8.78 Å². The maximum absolute atomic E-state index is 12.4. The molecule has 0 spiro atoms. The lowest BCUT2D eigenvalue weighted by Crippen LogP contribution is -2.15. The Kier molecular flexibility index (Phi) is 7.12. The predicted molar refractivity (Wildman–Crippen MR) is 82.0 cm³/mol. The fourth-order valence-corrected chi connectivity index (χ4v) is 1.97. The van der Waals surface area contributed by atoms with Crippen LogP contribution in [0.3, 0.4) is 0 Å². The van der Waals surface area contributed by atoms with Gasteiger partial charge in [0.05, 0.1) is 0 Å². The standard InChI is InChI=1S/C16H17F2NO.ClH/c17-16(18)10-14(19)13-8-4-5-9-15(13)20-11-12-6-2-1-3-7-12;/h1-9,14,16H,10-11,19H2;1H/t14-;/m1./s1. The summed E-state index contributed by atoms with van der Waals surface area (Å²) in [5.74, 6) is 0.560. The summed E-state index contributed by atoms with van der Waals surface area (Å²) in [7, 11) is 0. The minimum Gasteiger partial charge on any atom is -0.489 e. The number of hydrogen-bond acceptors (Lipinski definition) is 2. The first-order valence-corrected chi connectivity index (χ1v) is 6.46. The van der Waals surface area contributed by atoms with E-state index >= 15 is 0 Å². The Balaban J connectivity index is 0.00000220. The molecule has 2 N–H and O–H groups in total. The first-order valence-electron chi connectivity index (χ1n) is 6.46. The van der Waals surface area contributed by atoms with Gasteiger partial charge < -0.3 is 10.5 Å². The average molecular weight is 314 g/mol. The minimum absolute atomic E-state index is 0. The number of ether oxygens (including phenoxy) is 1. The van der Waals surface area contributed by atoms with Gasteiger partial charge in [-0.05, 0) is 11.6 Å². The van der Waals surface area contributed by atoms with Crippen LogP contribution in [0.4, 0.5) is 8.78 Å². The number of rotatable bonds is 6. The van der Waals surface area contributed by atoms with Crippen LogP contribution in [0.5, 0.6) is 5.75 Å². The first kappa shape index (κ1) is 17.4. The van der Waals surface area contributed by atoms with E-state index in [-0.39, 0.29) is 18.8 Å². The molecule has 0 aliphatic heterocycles. The molecule has 0 amide bonds. The Labute approximate surface area is 129 Å². The molecule has 5 heteroatoms. The highest BCUT2D eigenvalue weighted by atomic mass is 35.5. The van der Waals surface area contributed by atoms with Gasteiger partial charge in [-0.3, -0.25) is 0 Å². The van der Waals surface area contributed by atoms with Gasteiger partial charge in [0.15, 0.2) is 0 Å². The molecule has 21 heavy (non-hydrogen) atoms.